The molecule has 0 amide bonds. The van der Waals surface area contributed by atoms with Gasteiger partial charge in [-0.05, 0) is 36.3 Å². The van der Waals surface area contributed by atoms with Gasteiger partial charge < -0.3 is 18.9 Å². The standard InChI is InChI=1S/C17H18O6/c1-3-21-15(18)17-12(8-9-22-16(17)19)10-23-14(17)11-4-6-13(20-2)7-5-11/h4-8,14H,3,9-10H2,1-2H3. The van der Waals surface area contributed by atoms with E-state index in [0.29, 0.717) is 16.9 Å². The predicted octanol–water partition coefficient (Wildman–Crippen LogP) is 1.80. The molecule has 0 spiro atoms. The van der Waals surface area contributed by atoms with Gasteiger partial charge in [-0.1, -0.05) is 12.1 Å². The van der Waals surface area contributed by atoms with Crippen LogP contribution in [0.15, 0.2) is 35.9 Å². The molecule has 3 rings (SSSR count). The van der Waals surface area contributed by atoms with Gasteiger partial charge in [-0.15, -0.1) is 0 Å². The van der Waals surface area contributed by atoms with Crippen molar-refractivity contribution in [1.82, 2.24) is 0 Å². The van der Waals surface area contributed by atoms with Crippen molar-refractivity contribution in [3.63, 3.8) is 0 Å². The molecule has 1 fully saturated rings. The average molecular weight is 318 g/mol. The number of methoxy groups -OCH3 is 1. The fourth-order valence-electron chi connectivity index (χ4n) is 3.06. The van der Waals surface area contributed by atoms with E-state index in [1.807, 2.05) is 0 Å². The highest BCUT2D eigenvalue weighted by atomic mass is 16.6. The monoisotopic (exact) mass is 318 g/mol. The zero-order valence-electron chi connectivity index (χ0n) is 13.0. The molecule has 1 aromatic rings. The van der Waals surface area contributed by atoms with Crippen LogP contribution in [0, 0.1) is 5.41 Å². The van der Waals surface area contributed by atoms with Crippen LogP contribution in [0.2, 0.25) is 0 Å². The Labute approximate surface area is 134 Å². The van der Waals surface area contributed by atoms with E-state index in [-0.39, 0.29) is 19.8 Å². The molecule has 0 bridgehead atoms. The molecule has 2 aliphatic rings. The Kier molecular flexibility index (Phi) is 4.09. The van der Waals surface area contributed by atoms with Crippen molar-refractivity contribution < 1.29 is 28.5 Å². The molecule has 6 heteroatoms. The van der Waals surface area contributed by atoms with Gasteiger partial charge in [-0.25, -0.2) is 0 Å². The number of hydrogen-bond acceptors (Lipinski definition) is 6. The fourth-order valence-corrected chi connectivity index (χ4v) is 3.06. The fraction of sp³-hybridized carbons (Fsp3) is 0.412. The maximum Gasteiger partial charge on any atom is 0.331 e. The second-order valence-electron chi connectivity index (χ2n) is 5.32. The highest BCUT2D eigenvalue weighted by molar-refractivity contribution is 6.05. The van der Waals surface area contributed by atoms with Crippen LogP contribution in [0.1, 0.15) is 18.6 Å². The van der Waals surface area contributed by atoms with Crippen LogP contribution >= 0.6 is 0 Å². The van der Waals surface area contributed by atoms with Gasteiger partial charge in [0.05, 0.1) is 20.3 Å². The third-order valence-corrected chi connectivity index (χ3v) is 4.19. The number of rotatable bonds is 4. The van der Waals surface area contributed by atoms with E-state index in [0.717, 1.165) is 0 Å². The first-order valence-electron chi connectivity index (χ1n) is 7.44. The summed E-state index contributed by atoms with van der Waals surface area (Å²) in [4.78, 5) is 25.2. The summed E-state index contributed by atoms with van der Waals surface area (Å²) in [5, 5.41) is 0. The summed E-state index contributed by atoms with van der Waals surface area (Å²) in [6.07, 6.45) is 0.952. The molecule has 0 aliphatic carbocycles. The van der Waals surface area contributed by atoms with Crippen LogP contribution < -0.4 is 4.74 Å². The molecule has 6 nitrogen and oxygen atoms in total. The van der Waals surface area contributed by atoms with E-state index in [2.05, 4.69) is 0 Å². The number of cyclic esters (lactones) is 1. The minimum absolute atomic E-state index is 0.147. The van der Waals surface area contributed by atoms with Gasteiger partial charge in [0.2, 0.25) is 5.41 Å². The lowest BCUT2D eigenvalue weighted by atomic mass is 9.73. The Morgan fingerprint density at radius 3 is 2.74 bits per heavy atom. The van der Waals surface area contributed by atoms with E-state index < -0.39 is 23.5 Å². The summed E-state index contributed by atoms with van der Waals surface area (Å²) in [6, 6.07) is 7.06. The van der Waals surface area contributed by atoms with Gasteiger partial charge in [0.25, 0.3) is 0 Å². The van der Waals surface area contributed by atoms with E-state index in [4.69, 9.17) is 18.9 Å². The van der Waals surface area contributed by atoms with Crippen LogP contribution in [0.25, 0.3) is 0 Å². The molecule has 2 atom stereocenters. The lowest BCUT2D eigenvalue weighted by Gasteiger charge is -2.32. The highest BCUT2D eigenvalue weighted by Gasteiger charge is 2.63. The van der Waals surface area contributed by atoms with Crippen molar-refractivity contribution in [3.8, 4) is 5.75 Å². The Hall–Kier alpha value is -2.34. The largest absolute Gasteiger partial charge is 0.497 e. The molecule has 122 valence electrons. The molecule has 1 saturated heterocycles. The summed E-state index contributed by atoms with van der Waals surface area (Å²) in [7, 11) is 1.57. The van der Waals surface area contributed by atoms with Crippen molar-refractivity contribution in [1.29, 1.82) is 0 Å². The predicted molar refractivity (Wildman–Crippen MR) is 79.8 cm³/mol. The maximum atomic E-state index is 12.7. The average Bonchev–Trinajstić information content (AvgIpc) is 2.97. The second-order valence-corrected chi connectivity index (χ2v) is 5.32. The van der Waals surface area contributed by atoms with Crippen molar-refractivity contribution in [2.24, 2.45) is 5.41 Å². The number of benzene rings is 1. The Balaban J connectivity index is 2.07. The molecule has 23 heavy (non-hydrogen) atoms. The lowest BCUT2D eigenvalue weighted by Crippen LogP contribution is -2.47. The number of carbonyl (C=O) groups is 2. The van der Waals surface area contributed by atoms with Crippen molar-refractivity contribution in [3.05, 3.63) is 41.5 Å². The quantitative estimate of drug-likeness (QED) is 0.479. The normalized spacial score (nSPS) is 26.1. The first kappa shape index (κ1) is 15.6. The molecule has 0 aromatic heterocycles. The summed E-state index contributed by atoms with van der Waals surface area (Å²) < 4.78 is 21.2. The van der Waals surface area contributed by atoms with Crippen LogP contribution in [-0.2, 0) is 23.8 Å². The molecule has 2 heterocycles. The first-order valence-corrected chi connectivity index (χ1v) is 7.44. The van der Waals surface area contributed by atoms with Gasteiger partial charge in [0.15, 0.2) is 0 Å². The van der Waals surface area contributed by atoms with Crippen LogP contribution in [-0.4, -0.2) is 38.9 Å². The Bertz CT molecular complexity index is 648. The first-order chi connectivity index (χ1) is 11.1. The SMILES string of the molecule is CCOC(=O)C12C(=O)OCC=C1COC2c1ccc(OC)cc1. The lowest BCUT2D eigenvalue weighted by molar-refractivity contribution is -0.174. The summed E-state index contributed by atoms with van der Waals surface area (Å²) in [5.74, 6) is -0.569. The van der Waals surface area contributed by atoms with E-state index >= 15 is 0 Å². The maximum absolute atomic E-state index is 12.7. The minimum Gasteiger partial charge on any atom is -0.497 e. The van der Waals surface area contributed by atoms with Crippen molar-refractivity contribution >= 4 is 11.9 Å². The van der Waals surface area contributed by atoms with E-state index in [1.54, 1.807) is 44.4 Å². The second kappa shape index (κ2) is 6.04. The topological polar surface area (TPSA) is 71.1 Å². The number of fused-ring (bicyclic) bond motifs is 1. The Morgan fingerprint density at radius 1 is 1.35 bits per heavy atom. The number of hydrogen-bond donors (Lipinski definition) is 0. The van der Waals surface area contributed by atoms with Crippen molar-refractivity contribution in [2.45, 2.75) is 13.0 Å². The van der Waals surface area contributed by atoms with E-state index in [9.17, 15) is 9.59 Å². The smallest absolute Gasteiger partial charge is 0.331 e. The number of carbonyl (C=O) groups excluding carboxylic acids is 2. The highest BCUT2D eigenvalue weighted by Crippen LogP contribution is 2.52. The molecule has 1 aromatic carbocycles. The molecule has 2 unspecified atom stereocenters. The molecule has 0 N–H and O–H groups in total. The molecule has 0 saturated carbocycles. The Morgan fingerprint density at radius 2 is 2.09 bits per heavy atom. The van der Waals surface area contributed by atoms with Crippen LogP contribution in [0.4, 0.5) is 0 Å². The summed E-state index contributed by atoms with van der Waals surface area (Å²) in [6.45, 7) is 2.22. The minimum atomic E-state index is -1.55. The van der Waals surface area contributed by atoms with Gasteiger partial charge >= 0.3 is 11.9 Å². The van der Waals surface area contributed by atoms with Gasteiger partial charge in [-0.3, -0.25) is 9.59 Å². The van der Waals surface area contributed by atoms with Gasteiger partial charge in [0.1, 0.15) is 18.5 Å². The zero-order chi connectivity index (χ0) is 16.4. The molecule has 2 aliphatic heterocycles. The van der Waals surface area contributed by atoms with Crippen LogP contribution in [0.5, 0.6) is 5.75 Å². The number of esters is 2. The summed E-state index contributed by atoms with van der Waals surface area (Å²) in [5.41, 5.74) is -0.253. The third-order valence-electron chi connectivity index (χ3n) is 4.19. The van der Waals surface area contributed by atoms with E-state index in [1.165, 1.54) is 0 Å². The summed E-state index contributed by atoms with van der Waals surface area (Å²) >= 11 is 0. The van der Waals surface area contributed by atoms with Gasteiger partial charge in [-0.2, -0.15) is 0 Å². The van der Waals surface area contributed by atoms with Crippen LogP contribution in [0.3, 0.4) is 0 Å². The van der Waals surface area contributed by atoms with Gasteiger partial charge in [0, 0.05) is 0 Å². The molecule has 0 radical (unpaired) electrons. The third kappa shape index (κ3) is 2.30. The zero-order valence-corrected chi connectivity index (χ0v) is 13.0. The molecular weight excluding hydrogens is 300 g/mol. The molecular formula is C17H18O6. The van der Waals surface area contributed by atoms with Crippen molar-refractivity contribution in [2.75, 3.05) is 26.9 Å². The number of ether oxygens (including phenoxy) is 4.